The highest BCUT2D eigenvalue weighted by molar-refractivity contribution is 5.14. The number of nitrogens with zero attached hydrogens (tertiary/aromatic N) is 2. The molecule has 2 nitrogen and oxygen atoms in total. The van der Waals surface area contributed by atoms with E-state index in [9.17, 15) is 0 Å². The molecule has 0 radical (unpaired) electrons. The van der Waals surface area contributed by atoms with E-state index in [0.717, 1.165) is 13.0 Å². The summed E-state index contributed by atoms with van der Waals surface area (Å²) in [7, 11) is 2.02. The molecule has 0 aromatic rings. The first-order chi connectivity index (χ1) is 4.34. The largest absolute Gasteiger partial charge is 0.377 e. The van der Waals surface area contributed by atoms with Gasteiger partial charge in [0.1, 0.15) is 0 Å². The summed E-state index contributed by atoms with van der Waals surface area (Å²) in [6.07, 6.45) is 3.90. The summed E-state index contributed by atoms with van der Waals surface area (Å²) in [5, 5.41) is 8.29. The van der Waals surface area contributed by atoms with Crippen molar-refractivity contribution < 1.29 is 0 Å². The highest BCUT2D eigenvalue weighted by Gasteiger charge is 2.10. The van der Waals surface area contributed by atoms with Gasteiger partial charge in [0, 0.05) is 25.4 Å². The van der Waals surface area contributed by atoms with Gasteiger partial charge in [-0.15, -0.1) is 0 Å². The zero-order valence-corrected chi connectivity index (χ0v) is 5.59. The minimum Gasteiger partial charge on any atom is -0.377 e. The highest BCUT2D eigenvalue weighted by Crippen LogP contribution is 2.17. The van der Waals surface area contributed by atoms with Gasteiger partial charge >= 0.3 is 0 Å². The van der Waals surface area contributed by atoms with Gasteiger partial charge in [0.05, 0.1) is 6.07 Å². The SMILES string of the molecule is CN1CCC/C1=C/C#N. The number of rotatable bonds is 0. The van der Waals surface area contributed by atoms with Crippen LogP contribution >= 0.6 is 0 Å². The first-order valence-electron chi connectivity index (χ1n) is 3.14. The van der Waals surface area contributed by atoms with Gasteiger partial charge in [-0.3, -0.25) is 0 Å². The minimum absolute atomic E-state index is 1.07. The molecule has 1 rings (SSSR count). The average Bonchev–Trinajstić information content (AvgIpc) is 2.18. The lowest BCUT2D eigenvalue weighted by molar-refractivity contribution is 0.481. The molecular weight excluding hydrogens is 112 g/mol. The third-order valence-corrected chi connectivity index (χ3v) is 1.65. The molecule has 0 aromatic heterocycles. The maximum absolute atomic E-state index is 8.29. The van der Waals surface area contributed by atoms with Crippen LogP contribution in [0, 0.1) is 11.3 Å². The van der Waals surface area contributed by atoms with Gasteiger partial charge in [0.2, 0.25) is 0 Å². The molecule has 0 bridgehead atoms. The van der Waals surface area contributed by atoms with Crippen molar-refractivity contribution in [1.29, 1.82) is 5.26 Å². The normalized spacial score (nSPS) is 22.7. The molecule has 0 N–H and O–H groups in total. The van der Waals surface area contributed by atoms with Crippen molar-refractivity contribution in [3.05, 3.63) is 11.8 Å². The number of allylic oxidation sites excluding steroid dienone is 2. The quantitative estimate of drug-likeness (QED) is 0.450. The Labute approximate surface area is 55.4 Å². The first kappa shape index (κ1) is 6.15. The van der Waals surface area contributed by atoms with Gasteiger partial charge in [0.15, 0.2) is 0 Å². The Morgan fingerprint density at radius 2 is 2.56 bits per heavy atom. The Bertz CT molecular complexity index is 164. The van der Waals surface area contributed by atoms with Crippen LogP contribution in [0.15, 0.2) is 11.8 Å². The van der Waals surface area contributed by atoms with E-state index >= 15 is 0 Å². The molecular formula is C7H10N2. The predicted molar refractivity (Wildman–Crippen MR) is 35.6 cm³/mol. The average molecular weight is 122 g/mol. The van der Waals surface area contributed by atoms with Gasteiger partial charge in [-0.25, -0.2) is 0 Å². The molecule has 1 aliphatic rings. The maximum atomic E-state index is 8.29. The van der Waals surface area contributed by atoms with Crippen LogP contribution < -0.4 is 0 Å². The van der Waals surface area contributed by atoms with Crippen LogP contribution in [0.5, 0.6) is 0 Å². The summed E-state index contributed by atoms with van der Waals surface area (Å²) in [5.74, 6) is 0. The molecule has 2 heteroatoms. The van der Waals surface area contributed by atoms with Gasteiger partial charge in [0.25, 0.3) is 0 Å². The van der Waals surface area contributed by atoms with Crippen molar-refractivity contribution in [1.82, 2.24) is 4.90 Å². The Morgan fingerprint density at radius 3 is 3.00 bits per heavy atom. The second-order valence-corrected chi connectivity index (χ2v) is 2.29. The topological polar surface area (TPSA) is 27.0 Å². The molecule has 1 saturated heterocycles. The fourth-order valence-electron chi connectivity index (χ4n) is 1.09. The van der Waals surface area contributed by atoms with Crippen LogP contribution in [-0.4, -0.2) is 18.5 Å². The van der Waals surface area contributed by atoms with Crippen LogP contribution in [0.1, 0.15) is 12.8 Å². The van der Waals surface area contributed by atoms with Crippen molar-refractivity contribution in [2.75, 3.05) is 13.6 Å². The summed E-state index contributed by atoms with van der Waals surface area (Å²) < 4.78 is 0. The molecule has 0 saturated carbocycles. The van der Waals surface area contributed by atoms with Crippen molar-refractivity contribution in [3.8, 4) is 6.07 Å². The molecule has 0 aromatic carbocycles. The first-order valence-corrected chi connectivity index (χ1v) is 3.14. The van der Waals surface area contributed by atoms with Crippen LogP contribution in [0.4, 0.5) is 0 Å². The molecule has 0 atom stereocenters. The number of nitriles is 1. The van der Waals surface area contributed by atoms with Crippen LogP contribution in [-0.2, 0) is 0 Å². The fourth-order valence-corrected chi connectivity index (χ4v) is 1.09. The van der Waals surface area contributed by atoms with Gasteiger partial charge in [-0.2, -0.15) is 5.26 Å². The molecule has 9 heavy (non-hydrogen) atoms. The molecule has 0 amide bonds. The van der Waals surface area contributed by atoms with E-state index in [-0.39, 0.29) is 0 Å². The summed E-state index contributed by atoms with van der Waals surface area (Å²) in [5.41, 5.74) is 1.18. The summed E-state index contributed by atoms with van der Waals surface area (Å²) in [6, 6.07) is 2.04. The summed E-state index contributed by atoms with van der Waals surface area (Å²) in [6.45, 7) is 1.10. The molecule has 1 fully saturated rings. The van der Waals surface area contributed by atoms with E-state index in [1.54, 1.807) is 6.08 Å². The van der Waals surface area contributed by atoms with Crippen molar-refractivity contribution in [2.45, 2.75) is 12.8 Å². The molecule has 48 valence electrons. The van der Waals surface area contributed by atoms with Crippen LogP contribution in [0.2, 0.25) is 0 Å². The van der Waals surface area contributed by atoms with Gasteiger partial charge in [-0.1, -0.05) is 0 Å². The maximum Gasteiger partial charge on any atom is 0.0930 e. The van der Waals surface area contributed by atoms with E-state index in [2.05, 4.69) is 4.90 Å². The second kappa shape index (κ2) is 2.54. The zero-order valence-electron chi connectivity index (χ0n) is 5.59. The molecule has 1 aliphatic heterocycles. The summed E-state index contributed by atoms with van der Waals surface area (Å²) in [4.78, 5) is 2.13. The van der Waals surface area contributed by atoms with Gasteiger partial charge < -0.3 is 4.90 Å². The Kier molecular flexibility index (Phi) is 1.74. The van der Waals surface area contributed by atoms with Gasteiger partial charge in [-0.05, 0) is 12.8 Å². The van der Waals surface area contributed by atoms with E-state index in [0.29, 0.717) is 0 Å². The highest BCUT2D eigenvalue weighted by atomic mass is 15.1. The Balaban J connectivity index is 2.62. The second-order valence-electron chi connectivity index (χ2n) is 2.29. The predicted octanol–water partition coefficient (Wildman–Crippen LogP) is 1.12. The molecule has 0 spiro atoms. The number of hydrogen-bond acceptors (Lipinski definition) is 2. The molecule has 0 unspecified atom stereocenters. The zero-order chi connectivity index (χ0) is 6.69. The van der Waals surface area contributed by atoms with E-state index in [4.69, 9.17) is 5.26 Å². The van der Waals surface area contributed by atoms with E-state index in [1.165, 1.54) is 12.1 Å². The molecule has 0 aliphatic carbocycles. The Hall–Kier alpha value is -0.970. The standard InChI is InChI=1S/C7H10N2/c1-9-6-2-3-7(9)4-5-8/h4H,2-3,6H2,1H3/b7-4-. The Morgan fingerprint density at radius 1 is 1.78 bits per heavy atom. The van der Waals surface area contributed by atoms with Crippen molar-refractivity contribution in [2.24, 2.45) is 0 Å². The lowest BCUT2D eigenvalue weighted by Crippen LogP contribution is -2.09. The fraction of sp³-hybridized carbons (Fsp3) is 0.571. The molecule has 1 heterocycles. The number of hydrogen-bond donors (Lipinski definition) is 0. The minimum atomic E-state index is 1.07. The van der Waals surface area contributed by atoms with Crippen molar-refractivity contribution in [3.63, 3.8) is 0 Å². The van der Waals surface area contributed by atoms with Crippen molar-refractivity contribution >= 4 is 0 Å². The van der Waals surface area contributed by atoms with E-state index < -0.39 is 0 Å². The third-order valence-electron chi connectivity index (χ3n) is 1.65. The monoisotopic (exact) mass is 122 g/mol. The summed E-state index contributed by atoms with van der Waals surface area (Å²) >= 11 is 0. The van der Waals surface area contributed by atoms with Crippen LogP contribution in [0.25, 0.3) is 0 Å². The van der Waals surface area contributed by atoms with Crippen LogP contribution in [0.3, 0.4) is 0 Å². The van der Waals surface area contributed by atoms with E-state index in [1.807, 2.05) is 13.1 Å². The lowest BCUT2D eigenvalue weighted by atomic mass is 10.3. The lowest BCUT2D eigenvalue weighted by Gasteiger charge is -2.09. The number of likely N-dealkylation sites (tertiary alicyclic amines) is 1. The smallest absolute Gasteiger partial charge is 0.0930 e. The third kappa shape index (κ3) is 1.23.